The van der Waals surface area contributed by atoms with Crippen molar-refractivity contribution in [1.82, 2.24) is 19.7 Å². The zero-order valence-electron chi connectivity index (χ0n) is 12.3. The summed E-state index contributed by atoms with van der Waals surface area (Å²) in [5.41, 5.74) is 0.627. The summed E-state index contributed by atoms with van der Waals surface area (Å²) in [6.45, 7) is 0. The molecule has 0 bridgehead atoms. The maximum absolute atomic E-state index is 13.2. The van der Waals surface area contributed by atoms with E-state index in [1.165, 1.54) is 40.7 Å². The molecule has 1 unspecified atom stereocenters. The minimum Gasteiger partial charge on any atom is -0.326 e. The number of rotatable bonds is 3. The Kier molecular flexibility index (Phi) is 3.57. The normalized spacial score (nSPS) is 16.3. The van der Waals surface area contributed by atoms with E-state index in [0.29, 0.717) is 27.6 Å². The van der Waals surface area contributed by atoms with Gasteiger partial charge in [0.2, 0.25) is 5.91 Å². The van der Waals surface area contributed by atoms with E-state index >= 15 is 0 Å². The second-order valence-electron chi connectivity index (χ2n) is 5.43. The number of halogens is 1. The van der Waals surface area contributed by atoms with Crippen LogP contribution in [0.1, 0.15) is 12.5 Å². The molecule has 1 aromatic carbocycles. The Bertz CT molecular complexity index is 999. The molecule has 3 heterocycles. The average Bonchev–Trinajstić information content (AvgIpc) is 3.15. The number of thioether (sulfide) groups is 1. The van der Waals surface area contributed by atoms with Crippen LogP contribution in [0.3, 0.4) is 0 Å². The first kappa shape index (κ1) is 14.9. The molecule has 1 aliphatic heterocycles. The van der Waals surface area contributed by atoms with Gasteiger partial charge in [-0.1, -0.05) is 17.8 Å². The molecule has 2 aromatic heterocycles. The third kappa shape index (κ3) is 2.56. The summed E-state index contributed by atoms with van der Waals surface area (Å²) in [6.07, 6.45) is 1.55. The third-order valence-corrected chi connectivity index (χ3v) is 4.88. The topological polar surface area (TPSA) is 92.7 Å². The fraction of sp³-hybridized carbons (Fsp3) is 0.200. The largest absolute Gasteiger partial charge is 0.326 e. The summed E-state index contributed by atoms with van der Waals surface area (Å²) in [7, 11) is 0. The standard InChI is InChI=1S/C15H12FN5O2S/c16-8-2-1-3-9(4-8)18-12(22)5-10-7-24-15-19-13-11(6-17-20-13)14(23)21(10)15/h1-4,6,10H,5,7H2,(H,17,20)(H,18,22). The number of aromatic nitrogens is 4. The summed E-state index contributed by atoms with van der Waals surface area (Å²) in [5.74, 6) is -0.116. The predicted molar refractivity (Wildman–Crippen MR) is 87.6 cm³/mol. The van der Waals surface area contributed by atoms with Crippen molar-refractivity contribution in [3.05, 3.63) is 46.6 Å². The molecular formula is C15H12FN5O2S. The minimum atomic E-state index is -0.419. The molecule has 24 heavy (non-hydrogen) atoms. The molecule has 1 atom stereocenters. The lowest BCUT2D eigenvalue weighted by Crippen LogP contribution is -2.27. The van der Waals surface area contributed by atoms with Crippen molar-refractivity contribution in [2.24, 2.45) is 0 Å². The fourth-order valence-corrected chi connectivity index (χ4v) is 3.83. The molecule has 0 spiro atoms. The van der Waals surface area contributed by atoms with Gasteiger partial charge in [-0.05, 0) is 18.2 Å². The Labute approximate surface area is 139 Å². The van der Waals surface area contributed by atoms with Gasteiger partial charge in [-0.3, -0.25) is 19.3 Å². The predicted octanol–water partition coefficient (Wildman–Crippen LogP) is 1.93. The highest BCUT2D eigenvalue weighted by Crippen LogP contribution is 2.33. The Morgan fingerprint density at radius 2 is 2.38 bits per heavy atom. The number of hydrogen-bond donors (Lipinski definition) is 2. The fourth-order valence-electron chi connectivity index (χ4n) is 2.70. The molecule has 7 nitrogen and oxygen atoms in total. The monoisotopic (exact) mass is 345 g/mol. The number of carbonyl (C=O) groups is 1. The van der Waals surface area contributed by atoms with E-state index in [1.54, 1.807) is 6.07 Å². The summed E-state index contributed by atoms with van der Waals surface area (Å²) in [4.78, 5) is 29.1. The van der Waals surface area contributed by atoms with Crippen LogP contribution in [0.4, 0.5) is 10.1 Å². The van der Waals surface area contributed by atoms with Crippen LogP contribution in [0.15, 0.2) is 40.4 Å². The van der Waals surface area contributed by atoms with Gasteiger partial charge in [-0.2, -0.15) is 5.10 Å². The Balaban J connectivity index is 1.57. The zero-order valence-corrected chi connectivity index (χ0v) is 13.1. The van der Waals surface area contributed by atoms with Crippen molar-refractivity contribution in [3.8, 4) is 0 Å². The van der Waals surface area contributed by atoms with E-state index in [4.69, 9.17) is 0 Å². The molecule has 3 aromatic rings. The van der Waals surface area contributed by atoms with Crippen LogP contribution >= 0.6 is 11.8 Å². The van der Waals surface area contributed by atoms with Gasteiger partial charge in [0.1, 0.15) is 11.2 Å². The van der Waals surface area contributed by atoms with E-state index in [9.17, 15) is 14.0 Å². The molecule has 4 rings (SSSR count). The van der Waals surface area contributed by atoms with Crippen LogP contribution in [0.25, 0.3) is 11.0 Å². The molecule has 0 fully saturated rings. The molecule has 122 valence electrons. The summed E-state index contributed by atoms with van der Waals surface area (Å²) < 4.78 is 14.7. The molecule has 1 aliphatic rings. The van der Waals surface area contributed by atoms with Gasteiger partial charge in [-0.15, -0.1) is 0 Å². The van der Waals surface area contributed by atoms with Crippen LogP contribution in [-0.4, -0.2) is 31.4 Å². The van der Waals surface area contributed by atoms with E-state index < -0.39 is 5.82 Å². The second-order valence-corrected chi connectivity index (χ2v) is 6.42. The number of carbonyl (C=O) groups excluding carboxylic acids is 1. The molecular weight excluding hydrogens is 333 g/mol. The van der Waals surface area contributed by atoms with Crippen molar-refractivity contribution in [1.29, 1.82) is 0 Å². The van der Waals surface area contributed by atoms with Gasteiger partial charge in [-0.25, -0.2) is 9.37 Å². The number of amides is 1. The van der Waals surface area contributed by atoms with Crippen molar-refractivity contribution < 1.29 is 9.18 Å². The van der Waals surface area contributed by atoms with E-state index in [2.05, 4.69) is 20.5 Å². The van der Waals surface area contributed by atoms with E-state index in [-0.39, 0.29) is 23.9 Å². The molecule has 0 saturated heterocycles. The quantitative estimate of drug-likeness (QED) is 0.708. The Hall–Kier alpha value is -2.68. The van der Waals surface area contributed by atoms with Gasteiger partial charge in [0, 0.05) is 17.9 Å². The minimum absolute atomic E-state index is 0.113. The number of anilines is 1. The first-order valence-corrected chi connectivity index (χ1v) is 8.24. The summed E-state index contributed by atoms with van der Waals surface area (Å²) in [6, 6.07) is 5.40. The van der Waals surface area contributed by atoms with Crippen LogP contribution in [-0.2, 0) is 4.79 Å². The van der Waals surface area contributed by atoms with Crippen molar-refractivity contribution in [2.45, 2.75) is 17.6 Å². The highest BCUT2D eigenvalue weighted by molar-refractivity contribution is 7.99. The lowest BCUT2D eigenvalue weighted by atomic mass is 10.2. The highest BCUT2D eigenvalue weighted by Gasteiger charge is 2.28. The summed E-state index contributed by atoms with van der Waals surface area (Å²) >= 11 is 1.42. The van der Waals surface area contributed by atoms with Crippen LogP contribution in [0.2, 0.25) is 0 Å². The molecule has 2 N–H and O–H groups in total. The SMILES string of the molecule is O=C(CC1CSc2nc3[nH]ncc3c(=O)n21)Nc1cccc(F)c1. The number of aromatic amines is 1. The van der Waals surface area contributed by atoms with Crippen molar-refractivity contribution >= 4 is 34.4 Å². The number of nitrogens with zero attached hydrogens (tertiary/aromatic N) is 3. The van der Waals surface area contributed by atoms with Crippen molar-refractivity contribution in [2.75, 3.05) is 11.1 Å². The number of H-pyrrole nitrogens is 1. The van der Waals surface area contributed by atoms with Gasteiger partial charge in [0.25, 0.3) is 5.56 Å². The molecule has 1 amide bonds. The van der Waals surface area contributed by atoms with Crippen LogP contribution in [0, 0.1) is 5.82 Å². The van der Waals surface area contributed by atoms with Crippen molar-refractivity contribution in [3.63, 3.8) is 0 Å². The lowest BCUT2D eigenvalue weighted by molar-refractivity contribution is -0.116. The third-order valence-electron chi connectivity index (χ3n) is 3.78. The molecule has 0 aliphatic carbocycles. The Morgan fingerprint density at radius 1 is 1.50 bits per heavy atom. The maximum Gasteiger partial charge on any atom is 0.265 e. The molecule has 0 radical (unpaired) electrons. The van der Waals surface area contributed by atoms with Gasteiger partial charge < -0.3 is 5.32 Å². The van der Waals surface area contributed by atoms with Crippen LogP contribution < -0.4 is 10.9 Å². The lowest BCUT2D eigenvalue weighted by Gasteiger charge is -2.13. The number of nitrogens with one attached hydrogen (secondary N) is 2. The number of fused-ring (bicyclic) bond motifs is 2. The average molecular weight is 345 g/mol. The smallest absolute Gasteiger partial charge is 0.265 e. The first-order valence-electron chi connectivity index (χ1n) is 7.25. The van der Waals surface area contributed by atoms with Gasteiger partial charge in [0.15, 0.2) is 10.8 Å². The molecule has 9 heteroatoms. The summed E-state index contributed by atoms with van der Waals surface area (Å²) in [5, 5.41) is 10.1. The maximum atomic E-state index is 13.2. The molecule has 0 saturated carbocycles. The van der Waals surface area contributed by atoms with Gasteiger partial charge >= 0.3 is 0 Å². The van der Waals surface area contributed by atoms with Gasteiger partial charge in [0.05, 0.1) is 12.2 Å². The Morgan fingerprint density at radius 3 is 3.21 bits per heavy atom. The first-order chi connectivity index (χ1) is 11.6. The number of benzene rings is 1. The zero-order chi connectivity index (χ0) is 16.7. The second kappa shape index (κ2) is 5.75. The van der Waals surface area contributed by atoms with Crippen LogP contribution in [0.5, 0.6) is 0 Å². The number of hydrogen-bond acceptors (Lipinski definition) is 5. The highest BCUT2D eigenvalue weighted by atomic mass is 32.2. The van der Waals surface area contributed by atoms with E-state index in [1.807, 2.05) is 0 Å². The van der Waals surface area contributed by atoms with E-state index in [0.717, 1.165) is 0 Å².